The fourth-order valence-corrected chi connectivity index (χ4v) is 2.36. The number of hydrogen-bond acceptors (Lipinski definition) is 5. The molecule has 0 radical (unpaired) electrons. The minimum absolute atomic E-state index is 0.00643. The number of carbonyl (C=O) groups excluding carboxylic acids is 3. The van der Waals surface area contributed by atoms with E-state index in [1.54, 1.807) is 26.0 Å². The van der Waals surface area contributed by atoms with Crippen molar-refractivity contribution in [2.24, 2.45) is 0 Å². The Kier molecular flexibility index (Phi) is 9.05. The average molecular weight is 375 g/mol. The summed E-state index contributed by atoms with van der Waals surface area (Å²) in [5.74, 6) is -1.64. The van der Waals surface area contributed by atoms with Gasteiger partial charge in [-0.15, -0.1) is 0 Å². The van der Waals surface area contributed by atoms with Crippen molar-refractivity contribution in [3.8, 4) is 0 Å². The van der Waals surface area contributed by atoms with Crippen LogP contribution in [0.25, 0.3) is 5.53 Å². The molecular weight excluding hydrogens is 350 g/mol. The fourth-order valence-electron chi connectivity index (χ4n) is 2.36. The fraction of sp³-hybridized carbons (Fsp3) is 0.474. The number of Topliss-reactive ketones (excluding diaryl/α,β-unsaturated/α-hetero) is 1. The van der Waals surface area contributed by atoms with Gasteiger partial charge in [0, 0.05) is 13.5 Å². The molecule has 1 aromatic carbocycles. The van der Waals surface area contributed by atoms with Crippen molar-refractivity contribution in [3.63, 3.8) is 0 Å². The number of esters is 1. The molecule has 0 spiro atoms. The highest BCUT2D eigenvalue weighted by Crippen LogP contribution is 2.18. The second kappa shape index (κ2) is 11.0. The van der Waals surface area contributed by atoms with Gasteiger partial charge in [-0.25, -0.2) is 4.79 Å². The molecule has 1 aromatic rings. The first-order valence-electron chi connectivity index (χ1n) is 8.59. The quantitative estimate of drug-likeness (QED) is 0.289. The Hall–Kier alpha value is -2.83. The number of nitrogens with one attached hydrogen (secondary N) is 1. The predicted octanol–water partition coefficient (Wildman–Crippen LogP) is 1.77. The van der Waals surface area contributed by atoms with Gasteiger partial charge >= 0.3 is 12.2 Å². The lowest BCUT2D eigenvalue weighted by atomic mass is 10.0. The second-order valence-electron chi connectivity index (χ2n) is 6.32. The van der Waals surface area contributed by atoms with Crippen molar-refractivity contribution in [1.82, 2.24) is 5.32 Å². The van der Waals surface area contributed by atoms with Crippen LogP contribution in [0.15, 0.2) is 24.3 Å². The van der Waals surface area contributed by atoms with E-state index in [1.165, 1.54) is 7.11 Å². The van der Waals surface area contributed by atoms with Gasteiger partial charge in [-0.1, -0.05) is 29.8 Å². The minimum Gasteiger partial charge on any atom is -0.461 e. The molecule has 0 heterocycles. The lowest BCUT2D eigenvalue weighted by Gasteiger charge is -2.22. The van der Waals surface area contributed by atoms with Crippen LogP contribution < -0.4 is 5.32 Å². The molecule has 8 nitrogen and oxygen atoms in total. The van der Waals surface area contributed by atoms with Crippen molar-refractivity contribution in [2.45, 2.75) is 51.9 Å². The molecule has 8 heteroatoms. The van der Waals surface area contributed by atoms with Gasteiger partial charge in [0.05, 0.1) is 6.10 Å². The lowest BCUT2D eigenvalue weighted by molar-refractivity contribution is -0.152. The van der Waals surface area contributed by atoms with E-state index in [0.717, 1.165) is 11.8 Å². The Morgan fingerprint density at radius 3 is 2.37 bits per heavy atom. The highest BCUT2D eigenvalue weighted by Gasteiger charge is 2.28. The number of ether oxygens (including phenoxy) is 2. The Morgan fingerprint density at radius 1 is 1.22 bits per heavy atom. The topological polar surface area (TPSA) is 118 Å². The summed E-state index contributed by atoms with van der Waals surface area (Å²) in [6.45, 7) is 5.30. The van der Waals surface area contributed by atoms with Crippen molar-refractivity contribution < 1.29 is 28.6 Å². The van der Waals surface area contributed by atoms with Crippen LogP contribution in [0.3, 0.4) is 0 Å². The maximum Gasteiger partial charge on any atom is 0.328 e. The van der Waals surface area contributed by atoms with Gasteiger partial charge in [0.1, 0.15) is 6.04 Å². The zero-order valence-corrected chi connectivity index (χ0v) is 16.0. The van der Waals surface area contributed by atoms with E-state index in [2.05, 4.69) is 10.1 Å². The summed E-state index contributed by atoms with van der Waals surface area (Å²) >= 11 is 0. The third kappa shape index (κ3) is 7.52. The average Bonchev–Trinajstić information content (AvgIpc) is 2.60. The zero-order valence-electron chi connectivity index (χ0n) is 16.0. The van der Waals surface area contributed by atoms with Gasteiger partial charge in [0.15, 0.2) is 6.10 Å². The molecule has 0 bridgehead atoms. The van der Waals surface area contributed by atoms with Crippen molar-refractivity contribution in [1.29, 1.82) is 0 Å². The normalized spacial score (nSPS) is 12.6. The first-order chi connectivity index (χ1) is 12.8. The maximum atomic E-state index is 12.6. The highest BCUT2D eigenvalue weighted by atomic mass is 16.5. The standard InChI is InChI=1S/C19H25N3O5/c1-12(2)27-19(25)16(10-9-15(23)11-21-20)22-18(24)17(26-4)14-7-5-13(3)6-8-14/h5-8,11-12,16-17H,9-10H2,1-4H3,(H,22,24)/t16-,17-/m0/s1. The van der Waals surface area contributed by atoms with Crippen LogP contribution in [0.1, 0.15) is 43.9 Å². The zero-order chi connectivity index (χ0) is 20.4. The van der Waals surface area contributed by atoms with Gasteiger partial charge in [0.2, 0.25) is 5.78 Å². The summed E-state index contributed by atoms with van der Waals surface area (Å²) < 4.78 is 10.4. The van der Waals surface area contributed by atoms with Crippen LogP contribution in [0, 0.1) is 6.92 Å². The number of aryl methyl sites for hydroxylation is 1. The molecule has 0 saturated heterocycles. The van der Waals surface area contributed by atoms with Crippen LogP contribution in [0.4, 0.5) is 0 Å². The van der Waals surface area contributed by atoms with Gasteiger partial charge in [0.25, 0.3) is 5.91 Å². The second-order valence-corrected chi connectivity index (χ2v) is 6.32. The van der Waals surface area contributed by atoms with Crippen LogP contribution in [0.5, 0.6) is 0 Å². The third-order valence-corrected chi connectivity index (χ3v) is 3.69. The largest absolute Gasteiger partial charge is 0.461 e. The third-order valence-electron chi connectivity index (χ3n) is 3.69. The van der Waals surface area contributed by atoms with E-state index in [-0.39, 0.29) is 18.9 Å². The van der Waals surface area contributed by atoms with Crippen LogP contribution >= 0.6 is 0 Å². The van der Waals surface area contributed by atoms with Gasteiger partial charge in [-0.2, -0.15) is 4.79 Å². The number of hydrogen-bond donors (Lipinski definition) is 1. The molecule has 0 saturated carbocycles. The molecule has 1 rings (SSSR count). The Morgan fingerprint density at radius 2 is 1.85 bits per heavy atom. The van der Waals surface area contributed by atoms with E-state index in [1.807, 2.05) is 19.1 Å². The number of methoxy groups -OCH3 is 1. The predicted molar refractivity (Wildman–Crippen MR) is 98.0 cm³/mol. The molecule has 1 amide bonds. The Labute approximate surface area is 158 Å². The number of amides is 1. The first kappa shape index (κ1) is 22.2. The molecule has 0 aliphatic carbocycles. The molecular formula is C19H25N3O5. The van der Waals surface area contributed by atoms with Crippen LogP contribution in [-0.4, -0.2) is 47.9 Å². The van der Waals surface area contributed by atoms with E-state index >= 15 is 0 Å². The van der Waals surface area contributed by atoms with Gasteiger partial charge < -0.3 is 20.3 Å². The SMILES string of the molecule is CO[C@H](C(=O)N[C@@H](CCC(=O)C=[N+]=[N-])C(=O)OC(C)C)c1ccc(C)cc1. The summed E-state index contributed by atoms with van der Waals surface area (Å²) in [5.41, 5.74) is 10.1. The molecule has 0 aliphatic heterocycles. The summed E-state index contributed by atoms with van der Waals surface area (Å²) in [7, 11) is 1.40. The molecule has 0 unspecified atom stereocenters. The van der Waals surface area contributed by atoms with Crippen LogP contribution in [-0.2, 0) is 23.9 Å². The van der Waals surface area contributed by atoms with Crippen molar-refractivity contribution in [2.75, 3.05) is 7.11 Å². The number of ketones is 1. The minimum atomic E-state index is -1.03. The molecule has 27 heavy (non-hydrogen) atoms. The summed E-state index contributed by atoms with van der Waals surface area (Å²) in [5, 5.41) is 2.59. The smallest absolute Gasteiger partial charge is 0.328 e. The Balaban J connectivity index is 2.91. The summed E-state index contributed by atoms with van der Waals surface area (Å²) in [4.78, 5) is 39.1. The molecule has 146 valence electrons. The van der Waals surface area contributed by atoms with Crippen molar-refractivity contribution in [3.05, 3.63) is 40.9 Å². The highest BCUT2D eigenvalue weighted by molar-refractivity contribution is 6.25. The molecule has 0 aromatic heterocycles. The van der Waals surface area contributed by atoms with Gasteiger partial charge in [-0.3, -0.25) is 9.59 Å². The molecule has 1 N–H and O–H groups in total. The van der Waals surface area contributed by atoms with Crippen molar-refractivity contribution >= 4 is 23.9 Å². The lowest BCUT2D eigenvalue weighted by Crippen LogP contribution is -2.45. The molecule has 2 atom stereocenters. The monoisotopic (exact) mass is 375 g/mol. The summed E-state index contributed by atoms with van der Waals surface area (Å²) in [6, 6.07) is 6.22. The number of nitrogens with zero attached hydrogens (tertiary/aromatic N) is 2. The molecule has 0 fully saturated rings. The van der Waals surface area contributed by atoms with E-state index in [4.69, 9.17) is 15.0 Å². The summed E-state index contributed by atoms with van der Waals surface area (Å²) in [6.07, 6.45) is -0.620. The molecule has 0 aliphatic rings. The van der Waals surface area contributed by atoms with Crippen LogP contribution in [0.2, 0.25) is 0 Å². The number of carbonyl (C=O) groups is 3. The first-order valence-corrected chi connectivity index (χ1v) is 8.59. The maximum absolute atomic E-state index is 12.6. The number of benzene rings is 1. The Bertz CT molecular complexity index is 709. The van der Waals surface area contributed by atoms with E-state index < -0.39 is 29.8 Å². The number of rotatable bonds is 10. The van der Waals surface area contributed by atoms with Gasteiger partial charge in [-0.05, 0) is 32.8 Å². The van der Waals surface area contributed by atoms with E-state index in [0.29, 0.717) is 5.56 Å². The van der Waals surface area contributed by atoms with E-state index in [9.17, 15) is 14.4 Å².